The quantitative estimate of drug-likeness (QED) is 0.638. The smallest absolute Gasteiger partial charge is 0.341 e. The molecule has 2 rings (SSSR count). The highest BCUT2D eigenvalue weighted by atomic mass is 32.1. The Labute approximate surface area is 109 Å². The third-order valence-corrected chi connectivity index (χ3v) is 3.05. The summed E-state index contributed by atoms with van der Waals surface area (Å²) in [6.07, 6.45) is 2.29. The first-order valence-electron chi connectivity index (χ1n) is 5.53. The second kappa shape index (κ2) is 6.32. The second-order valence-electron chi connectivity index (χ2n) is 3.70. The molecule has 0 atom stereocenters. The van der Waals surface area contributed by atoms with Gasteiger partial charge in [0.1, 0.15) is 12.0 Å². The molecule has 0 unspecified atom stereocenters. The average molecular weight is 266 g/mol. The number of nitrogens with zero attached hydrogens (tertiary/aromatic N) is 1. The van der Waals surface area contributed by atoms with Gasteiger partial charge in [-0.15, -0.1) is 11.3 Å². The molecular formula is C12H14N2O3S. The van der Waals surface area contributed by atoms with Gasteiger partial charge in [0.05, 0.1) is 30.4 Å². The van der Waals surface area contributed by atoms with Crippen molar-refractivity contribution in [2.75, 3.05) is 13.7 Å². The number of nitrogens with one attached hydrogen (secondary N) is 1. The highest BCUT2D eigenvalue weighted by Gasteiger charge is 2.09. The predicted octanol–water partition coefficient (Wildman–Crippen LogP) is 1.85. The van der Waals surface area contributed by atoms with E-state index in [2.05, 4.69) is 15.0 Å². The number of esters is 1. The first kappa shape index (κ1) is 12.8. The molecule has 5 nitrogen and oxygen atoms in total. The van der Waals surface area contributed by atoms with Crippen molar-refractivity contribution in [1.82, 2.24) is 10.3 Å². The topological polar surface area (TPSA) is 64.4 Å². The van der Waals surface area contributed by atoms with Crippen molar-refractivity contribution in [3.05, 3.63) is 40.2 Å². The summed E-state index contributed by atoms with van der Waals surface area (Å²) in [7, 11) is 1.35. The minimum Gasteiger partial charge on any atom is -0.467 e. The predicted molar refractivity (Wildman–Crippen MR) is 67.6 cm³/mol. The molecule has 6 heteroatoms. The van der Waals surface area contributed by atoms with Gasteiger partial charge in [-0.05, 0) is 6.07 Å². The van der Waals surface area contributed by atoms with E-state index in [1.165, 1.54) is 13.4 Å². The van der Waals surface area contributed by atoms with Crippen LogP contribution in [0.3, 0.4) is 0 Å². The van der Waals surface area contributed by atoms with Crippen LogP contribution in [0.5, 0.6) is 0 Å². The van der Waals surface area contributed by atoms with Crippen molar-refractivity contribution in [2.45, 2.75) is 13.0 Å². The zero-order valence-electron chi connectivity index (χ0n) is 10.0. The number of hydrogen-bond acceptors (Lipinski definition) is 6. The van der Waals surface area contributed by atoms with Gasteiger partial charge in [0, 0.05) is 18.3 Å². The van der Waals surface area contributed by atoms with Gasteiger partial charge in [0.15, 0.2) is 0 Å². The SMILES string of the molecule is COC(=O)c1coc(CNCCc2cscn2)c1. The normalized spacial score (nSPS) is 10.5. The lowest BCUT2D eigenvalue weighted by Gasteiger charge is -2.00. The molecule has 0 aliphatic carbocycles. The molecule has 0 saturated carbocycles. The molecule has 0 aliphatic rings. The van der Waals surface area contributed by atoms with E-state index < -0.39 is 0 Å². The first-order valence-corrected chi connectivity index (χ1v) is 6.47. The van der Waals surface area contributed by atoms with Gasteiger partial charge in [-0.25, -0.2) is 9.78 Å². The zero-order valence-corrected chi connectivity index (χ0v) is 10.8. The molecule has 0 saturated heterocycles. The van der Waals surface area contributed by atoms with Crippen molar-refractivity contribution in [1.29, 1.82) is 0 Å². The minimum absolute atomic E-state index is 0.382. The fourth-order valence-corrected chi connectivity index (χ4v) is 2.08. The largest absolute Gasteiger partial charge is 0.467 e. The molecule has 0 aliphatic heterocycles. The number of aromatic nitrogens is 1. The number of carbonyl (C=O) groups excluding carboxylic acids is 1. The highest BCUT2D eigenvalue weighted by molar-refractivity contribution is 7.07. The van der Waals surface area contributed by atoms with Crippen molar-refractivity contribution in [3.63, 3.8) is 0 Å². The third-order valence-electron chi connectivity index (χ3n) is 2.42. The Kier molecular flexibility index (Phi) is 4.49. The molecule has 0 bridgehead atoms. The number of methoxy groups -OCH3 is 1. The van der Waals surface area contributed by atoms with Gasteiger partial charge in [-0.1, -0.05) is 0 Å². The zero-order chi connectivity index (χ0) is 12.8. The van der Waals surface area contributed by atoms with Crippen LogP contribution in [0.15, 0.2) is 27.6 Å². The summed E-state index contributed by atoms with van der Waals surface area (Å²) in [5.41, 5.74) is 3.35. The fraction of sp³-hybridized carbons (Fsp3) is 0.333. The summed E-state index contributed by atoms with van der Waals surface area (Å²) in [5, 5.41) is 5.26. The maximum Gasteiger partial charge on any atom is 0.341 e. The van der Waals surface area contributed by atoms with Crippen LogP contribution in [-0.4, -0.2) is 24.6 Å². The number of carbonyl (C=O) groups is 1. The van der Waals surface area contributed by atoms with Crippen LogP contribution < -0.4 is 5.32 Å². The number of thiazole rings is 1. The van der Waals surface area contributed by atoms with Crippen molar-refractivity contribution in [3.8, 4) is 0 Å². The van der Waals surface area contributed by atoms with Crippen molar-refractivity contribution in [2.24, 2.45) is 0 Å². The Morgan fingerprint density at radius 2 is 2.50 bits per heavy atom. The fourth-order valence-electron chi connectivity index (χ4n) is 1.49. The Bertz CT molecular complexity index is 493. The van der Waals surface area contributed by atoms with Crippen LogP contribution in [-0.2, 0) is 17.7 Å². The summed E-state index contributed by atoms with van der Waals surface area (Å²) >= 11 is 1.59. The Morgan fingerprint density at radius 3 is 3.22 bits per heavy atom. The van der Waals surface area contributed by atoms with E-state index in [1.54, 1.807) is 17.4 Å². The molecule has 96 valence electrons. The van der Waals surface area contributed by atoms with Gasteiger partial charge >= 0.3 is 5.97 Å². The molecule has 0 spiro atoms. The van der Waals surface area contributed by atoms with E-state index in [1.807, 2.05) is 10.9 Å². The first-order chi connectivity index (χ1) is 8.79. The van der Waals surface area contributed by atoms with E-state index in [0.29, 0.717) is 17.9 Å². The van der Waals surface area contributed by atoms with E-state index in [4.69, 9.17) is 4.42 Å². The molecule has 0 fully saturated rings. The molecule has 0 radical (unpaired) electrons. The molecule has 2 aromatic heterocycles. The van der Waals surface area contributed by atoms with Crippen LogP contribution in [0.25, 0.3) is 0 Å². The highest BCUT2D eigenvalue weighted by Crippen LogP contribution is 2.08. The lowest BCUT2D eigenvalue weighted by Crippen LogP contribution is -2.16. The summed E-state index contributed by atoms with van der Waals surface area (Å²) < 4.78 is 9.85. The van der Waals surface area contributed by atoms with Crippen LogP contribution in [0, 0.1) is 0 Å². The monoisotopic (exact) mass is 266 g/mol. The van der Waals surface area contributed by atoms with Crippen LogP contribution in [0.2, 0.25) is 0 Å². The molecule has 1 N–H and O–H groups in total. The summed E-state index contributed by atoms with van der Waals surface area (Å²) in [5.74, 6) is 0.334. The van der Waals surface area contributed by atoms with Crippen molar-refractivity contribution >= 4 is 17.3 Å². The van der Waals surface area contributed by atoms with E-state index in [9.17, 15) is 4.79 Å². The molecule has 0 amide bonds. The van der Waals surface area contributed by atoms with E-state index in [0.717, 1.165) is 18.7 Å². The molecule has 2 aromatic rings. The van der Waals surface area contributed by atoms with Gasteiger partial charge in [-0.3, -0.25) is 0 Å². The minimum atomic E-state index is -0.382. The summed E-state index contributed by atoms with van der Waals surface area (Å²) in [4.78, 5) is 15.4. The lowest BCUT2D eigenvalue weighted by molar-refractivity contribution is 0.0600. The molecular weight excluding hydrogens is 252 g/mol. The number of hydrogen-bond donors (Lipinski definition) is 1. The molecule has 0 aromatic carbocycles. The standard InChI is InChI=1S/C12H14N2O3S/c1-16-12(15)9-4-11(17-6-9)5-13-3-2-10-7-18-8-14-10/h4,6-8,13H,2-3,5H2,1H3. The summed E-state index contributed by atoms with van der Waals surface area (Å²) in [6.45, 7) is 1.40. The van der Waals surface area contributed by atoms with Crippen molar-refractivity contribution < 1.29 is 13.9 Å². The van der Waals surface area contributed by atoms with E-state index >= 15 is 0 Å². The molecule has 2 heterocycles. The van der Waals surface area contributed by atoms with Gasteiger partial charge in [0.25, 0.3) is 0 Å². The maximum absolute atomic E-state index is 11.2. The maximum atomic E-state index is 11.2. The van der Waals surface area contributed by atoms with Gasteiger partial charge in [-0.2, -0.15) is 0 Å². The van der Waals surface area contributed by atoms with Crippen LogP contribution >= 0.6 is 11.3 Å². The second-order valence-corrected chi connectivity index (χ2v) is 4.42. The van der Waals surface area contributed by atoms with Gasteiger partial charge < -0.3 is 14.5 Å². The van der Waals surface area contributed by atoms with Crippen LogP contribution in [0.4, 0.5) is 0 Å². The number of ether oxygens (including phenoxy) is 1. The van der Waals surface area contributed by atoms with Gasteiger partial charge in [0.2, 0.25) is 0 Å². The Morgan fingerprint density at radius 1 is 1.61 bits per heavy atom. The Balaban J connectivity index is 1.73. The molecule has 18 heavy (non-hydrogen) atoms. The van der Waals surface area contributed by atoms with Crippen LogP contribution in [0.1, 0.15) is 21.8 Å². The van der Waals surface area contributed by atoms with E-state index in [-0.39, 0.29) is 5.97 Å². The average Bonchev–Trinajstić information content (AvgIpc) is 3.05. The number of furan rings is 1. The summed E-state index contributed by atoms with van der Waals surface area (Å²) in [6, 6.07) is 1.68. The number of rotatable bonds is 6. The Hall–Kier alpha value is -1.66. The third kappa shape index (κ3) is 3.41. The lowest BCUT2D eigenvalue weighted by atomic mass is 10.3.